The van der Waals surface area contributed by atoms with Gasteiger partial charge in [0.25, 0.3) is 0 Å². The van der Waals surface area contributed by atoms with Crippen LogP contribution in [0.15, 0.2) is 45.7 Å². The van der Waals surface area contributed by atoms with Crippen LogP contribution in [0.5, 0.6) is 0 Å². The van der Waals surface area contributed by atoms with E-state index in [0.29, 0.717) is 15.5 Å². The molecule has 0 fully saturated rings. The van der Waals surface area contributed by atoms with Gasteiger partial charge < -0.3 is 4.42 Å². The average molecular weight is 394 g/mol. The van der Waals surface area contributed by atoms with Crippen molar-refractivity contribution in [3.63, 3.8) is 0 Å². The predicted molar refractivity (Wildman–Crippen MR) is 102 cm³/mol. The Hall–Kier alpha value is -1.83. The molecule has 1 N–H and O–H groups in total. The van der Waals surface area contributed by atoms with E-state index in [0.717, 1.165) is 15.3 Å². The van der Waals surface area contributed by atoms with Crippen LogP contribution >= 0.6 is 34.7 Å². The molecule has 0 aliphatic carbocycles. The Morgan fingerprint density at radius 2 is 2.16 bits per heavy atom. The summed E-state index contributed by atoms with van der Waals surface area (Å²) in [7, 11) is 0. The van der Waals surface area contributed by atoms with Crippen LogP contribution in [0.1, 0.15) is 18.7 Å². The third kappa shape index (κ3) is 5.07. The molecule has 130 valence electrons. The van der Waals surface area contributed by atoms with Crippen molar-refractivity contribution in [1.29, 1.82) is 0 Å². The molecule has 3 aromatic rings. The number of amides is 1. The Labute approximate surface area is 158 Å². The van der Waals surface area contributed by atoms with Crippen molar-refractivity contribution in [3.05, 3.63) is 45.6 Å². The van der Waals surface area contributed by atoms with Gasteiger partial charge >= 0.3 is 6.01 Å². The van der Waals surface area contributed by atoms with Crippen molar-refractivity contribution in [1.82, 2.24) is 10.2 Å². The lowest BCUT2D eigenvalue weighted by atomic mass is 10.2. The minimum atomic E-state index is -0.224. The second-order valence-corrected chi connectivity index (χ2v) is 8.99. The van der Waals surface area contributed by atoms with Crippen LogP contribution in [0.4, 0.5) is 6.01 Å². The summed E-state index contributed by atoms with van der Waals surface area (Å²) < 4.78 is 6.21. The topological polar surface area (TPSA) is 68.0 Å². The van der Waals surface area contributed by atoms with E-state index in [9.17, 15) is 4.79 Å². The maximum atomic E-state index is 12.0. The van der Waals surface area contributed by atoms with E-state index in [1.807, 2.05) is 30.3 Å². The second kappa shape index (κ2) is 8.03. The predicted octanol–water partition coefficient (Wildman–Crippen LogP) is 5.13. The normalized spacial score (nSPS) is 11.0. The molecule has 0 atom stereocenters. The molecule has 5 nitrogen and oxygen atoms in total. The maximum absolute atomic E-state index is 12.0. The highest BCUT2D eigenvalue weighted by molar-refractivity contribution is 7.99. The van der Waals surface area contributed by atoms with Gasteiger partial charge in [-0.1, -0.05) is 36.6 Å². The second-order valence-electron chi connectivity index (χ2n) is 5.54. The summed E-state index contributed by atoms with van der Waals surface area (Å²) in [6, 6.07) is 11.6. The van der Waals surface area contributed by atoms with Crippen LogP contribution in [0.2, 0.25) is 4.34 Å². The molecule has 8 heteroatoms. The molecule has 0 saturated carbocycles. The molecule has 3 rings (SSSR count). The molecule has 0 aliphatic heterocycles. The lowest BCUT2D eigenvalue weighted by Gasteiger charge is -2.05. The van der Waals surface area contributed by atoms with Crippen LogP contribution in [-0.2, 0) is 11.2 Å². The SMILES string of the molecule is CC(C)Sc1cccc(-c2nnc(NC(=O)Cc3ccc(Cl)s3)o2)c1. The van der Waals surface area contributed by atoms with Crippen molar-refractivity contribution in [2.45, 2.75) is 30.4 Å². The van der Waals surface area contributed by atoms with E-state index in [2.05, 4.69) is 29.4 Å². The van der Waals surface area contributed by atoms with Crippen molar-refractivity contribution < 1.29 is 9.21 Å². The average Bonchev–Trinajstić information content (AvgIpc) is 3.16. The van der Waals surface area contributed by atoms with E-state index in [-0.39, 0.29) is 18.3 Å². The number of nitrogens with zero attached hydrogens (tertiary/aromatic N) is 2. The third-order valence-electron chi connectivity index (χ3n) is 3.09. The number of nitrogens with one attached hydrogen (secondary N) is 1. The molecular formula is C17H16ClN3O2S2. The minimum Gasteiger partial charge on any atom is -0.403 e. The molecule has 2 aromatic heterocycles. The Morgan fingerprint density at radius 1 is 1.32 bits per heavy atom. The summed E-state index contributed by atoms with van der Waals surface area (Å²) >= 11 is 8.99. The lowest BCUT2D eigenvalue weighted by molar-refractivity contribution is -0.115. The van der Waals surface area contributed by atoms with Gasteiger partial charge in [-0.25, -0.2) is 0 Å². The van der Waals surface area contributed by atoms with Gasteiger partial charge in [-0.15, -0.1) is 28.2 Å². The van der Waals surface area contributed by atoms with E-state index in [1.165, 1.54) is 11.3 Å². The Bertz CT molecular complexity index is 876. The zero-order valence-electron chi connectivity index (χ0n) is 13.7. The minimum absolute atomic E-state index is 0.0876. The molecule has 2 heterocycles. The van der Waals surface area contributed by atoms with E-state index in [4.69, 9.17) is 16.0 Å². The van der Waals surface area contributed by atoms with Crippen molar-refractivity contribution >= 4 is 46.6 Å². The van der Waals surface area contributed by atoms with Gasteiger partial charge in [0.05, 0.1) is 10.8 Å². The number of halogens is 1. The van der Waals surface area contributed by atoms with Crippen LogP contribution < -0.4 is 5.32 Å². The first-order valence-corrected chi connectivity index (χ1v) is 9.71. The number of hydrogen-bond donors (Lipinski definition) is 1. The molecule has 0 aliphatic rings. The zero-order valence-corrected chi connectivity index (χ0v) is 16.0. The first kappa shape index (κ1) is 18.0. The van der Waals surface area contributed by atoms with E-state index < -0.39 is 0 Å². The molecule has 1 amide bonds. The number of hydrogen-bond acceptors (Lipinski definition) is 6. The van der Waals surface area contributed by atoms with Gasteiger partial charge in [0, 0.05) is 20.6 Å². The number of thioether (sulfide) groups is 1. The number of benzene rings is 1. The fourth-order valence-electron chi connectivity index (χ4n) is 2.13. The Balaban J connectivity index is 1.67. The maximum Gasteiger partial charge on any atom is 0.322 e. The van der Waals surface area contributed by atoms with Gasteiger partial charge in [-0.3, -0.25) is 10.1 Å². The highest BCUT2D eigenvalue weighted by Crippen LogP contribution is 2.28. The largest absolute Gasteiger partial charge is 0.403 e. The van der Waals surface area contributed by atoms with E-state index >= 15 is 0 Å². The Kier molecular flexibility index (Phi) is 5.78. The van der Waals surface area contributed by atoms with Crippen LogP contribution in [0.3, 0.4) is 0 Å². The first-order chi connectivity index (χ1) is 12.0. The zero-order chi connectivity index (χ0) is 17.8. The van der Waals surface area contributed by atoms with Crippen LogP contribution in [-0.4, -0.2) is 21.4 Å². The van der Waals surface area contributed by atoms with E-state index in [1.54, 1.807) is 17.8 Å². The molecule has 0 unspecified atom stereocenters. The molecule has 0 saturated heterocycles. The summed E-state index contributed by atoms with van der Waals surface area (Å²) in [4.78, 5) is 14.0. The molecule has 0 bridgehead atoms. The van der Waals surface area contributed by atoms with Crippen molar-refractivity contribution in [2.75, 3.05) is 5.32 Å². The summed E-state index contributed by atoms with van der Waals surface area (Å²) in [6.07, 6.45) is 0.218. The van der Waals surface area contributed by atoms with Crippen molar-refractivity contribution in [3.8, 4) is 11.5 Å². The van der Waals surface area contributed by atoms with Crippen LogP contribution in [0.25, 0.3) is 11.5 Å². The summed E-state index contributed by atoms with van der Waals surface area (Å²) in [6.45, 7) is 4.27. The molecule has 1 aromatic carbocycles. The number of aromatic nitrogens is 2. The summed E-state index contributed by atoms with van der Waals surface area (Å²) in [5.41, 5.74) is 0.823. The smallest absolute Gasteiger partial charge is 0.322 e. The van der Waals surface area contributed by atoms with Gasteiger partial charge in [0.15, 0.2) is 0 Å². The summed E-state index contributed by atoms with van der Waals surface area (Å²) in [5, 5.41) is 11.0. The Morgan fingerprint density at radius 3 is 2.88 bits per heavy atom. The molecular weight excluding hydrogens is 378 g/mol. The monoisotopic (exact) mass is 393 g/mol. The first-order valence-electron chi connectivity index (χ1n) is 7.64. The summed E-state index contributed by atoms with van der Waals surface area (Å²) in [5.74, 6) is 0.151. The quantitative estimate of drug-likeness (QED) is 0.587. The highest BCUT2D eigenvalue weighted by Gasteiger charge is 2.13. The highest BCUT2D eigenvalue weighted by atomic mass is 35.5. The standard InChI is InChI=1S/C17H16ClN3O2S2/c1-10(2)24-12-5-3-4-11(8-12)16-20-21-17(23-16)19-15(22)9-13-6-7-14(18)25-13/h3-8,10H,9H2,1-2H3,(H,19,21,22). The number of carbonyl (C=O) groups is 1. The van der Waals surface area contributed by atoms with Gasteiger partial charge in [-0.2, -0.15) is 0 Å². The number of rotatable bonds is 6. The number of carbonyl (C=O) groups excluding carboxylic acids is 1. The fraction of sp³-hybridized carbons (Fsp3) is 0.235. The fourth-order valence-corrected chi connectivity index (χ4v) is 4.12. The number of thiophene rings is 1. The van der Waals surface area contributed by atoms with Gasteiger partial charge in [0.1, 0.15) is 0 Å². The lowest BCUT2D eigenvalue weighted by Crippen LogP contribution is -2.13. The third-order valence-corrected chi connectivity index (χ3v) is 5.32. The number of anilines is 1. The molecule has 25 heavy (non-hydrogen) atoms. The molecule has 0 radical (unpaired) electrons. The molecule has 0 spiro atoms. The van der Waals surface area contributed by atoms with Crippen LogP contribution in [0, 0.1) is 0 Å². The van der Waals surface area contributed by atoms with Crippen molar-refractivity contribution in [2.24, 2.45) is 0 Å². The van der Waals surface area contributed by atoms with Gasteiger partial charge in [0.2, 0.25) is 11.8 Å². The van der Waals surface area contributed by atoms with Gasteiger partial charge in [-0.05, 0) is 30.3 Å².